The minimum Gasteiger partial charge on any atom is -0.481 e. The van der Waals surface area contributed by atoms with E-state index >= 15 is 0 Å². The lowest BCUT2D eigenvalue weighted by Crippen LogP contribution is -2.42. The summed E-state index contributed by atoms with van der Waals surface area (Å²) in [5.74, 6) is -0.745. The first-order chi connectivity index (χ1) is 10.7. The van der Waals surface area contributed by atoms with Crippen LogP contribution in [0.4, 0.5) is 5.69 Å². The predicted molar refractivity (Wildman–Crippen MR) is 87.5 cm³/mol. The SMILES string of the molecule is CCc1ccccc1N(CCC(=O)O)CCN1CCOCC1. The third kappa shape index (κ3) is 5.00. The number of anilines is 1. The summed E-state index contributed by atoms with van der Waals surface area (Å²) in [5.41, 5.74) is 2.44. The molecule has 2 rings (SSSR count). The second kappa shape index (κ2) is 8.76. The van der Waals surface area contributed by atoms with E-state index in [1.807, 2.05) is 12.1 Å². The van der Waals surface area contributed by atoms with Crippen LogP contribution in [0.15, 0.2) is 24.3 Å². The fraction of sp³-hybridized carbons (Fsp3) is 0.588. The smallest absolute Gasteiger partial charge is 0.305 e. The van der Waals surface area contributed by atoms with Crippen LogP contribution in [0.25, 0.3) is 0 Å². The van der Waals surface area contributed by atoms with E-state index < -0.39 is 5.97 Å². The summed E-state index contributed by atoms with van der Waals surface area (Å²) < 4.78 is 5.37. The van der Waals surface area contributed by atoms with E-state index in [2.05, 4.69) is 28.9 Å². The zero-order valence-electron chi connectivity index (χ0n) is 13.3. The number of hydrogen-bond acceptors (Lipinski definition) is 4. The monoisotopic (exact) mass is 306 g/mol. The van der Waals surface area contributed by atoms with Gasteiger partial charge in [-0.05, 0) is 18.1 Å². The molecule has 1 N–H and O–H groups in total. The van der Waals surface area contributed by atoms with Gasteiger partial charge in [0.25, 0.3) is 0 Å². The third-order valence-corrected chi connectivity index (χ3v) is 4.10. The molecule has 122 valence electrons. The van der Waals surface area contributed by atoms with Crippen molar-refractivity contribution in [1.82, 2.24) is 4.90 Å². The first-order valence-corrected chi connectivity index (χ1v) is 8.05. The van der Waals surface area contributed by atoms with Crippen LogP contribution in [0.5, 0.6) is 0 Å². The normalized spacial score (nSPS) is 15.7. The number of hydrogen-bond donors (Lipinski definition) is 1. The van der Waals surface area contributed by atoms with Gasteiger partial charge in [0.2, 0.25) is 0 Å². The molecule has 0 radical (unpaired) electrons. The van der Waals surface area contributed by atoms with Crippen molar-refractivity contribution in [3.63, 3.8) is 0 Å². The number of aryl methyl sites for hydroxylation is 1. The number of nitrogens with zero attached hydrogens (tertiary/aromatic N) is 2. The molecule has 1 saturated heterocycles. The highest BCUT2D eigenvalue weighted by atomic mass is 16.5. The molecule has 0 aromatic heterocycles. The van der Waals surface area contributed by atoms with Crippen molar-refractivity contribution in [2.24, 2.45) is 0 Å². The van der Waals surface area contributed by atoms with Gasteiger partial charge in [-0.25, -0.2) is 0 Å². The second-order valence-electron chi connectivity index (χ2n) is 5.57. The lowest BCUT2D eigenvalue weighted by atomic mass is 10.1. The van der Waals surface area contributed by atoms with Crippen LogP contribution in [0.3, 0.4) is 0 Å². The average molecular weight is 306 g/mol. The number of carbonyl (C=O) groups is 1. The highest BCUT2D eigenvalue weighted by Gasteiger charge is 2.15. The molecule has 0 bridgehead atoms. The van der Waals surface area contributed by atoms with Crippen LogP contribution in [-0.2, 0) is 16.0 Å². The Bertz CT molecular complexity index is 473. The van der Waals surface area contributed by atoms with Crippen molar-refractivity contribution < 1.29 is 14.6 Å². The Hall–Kier alpha value is -1.59. The Morgan fingerprint density at radius 2 is 2.00 bits per heavy atom. The number of morpholine rings is 1. The summed E-state index contributed by atoms with van der Waals surface area (Å²) in [7, 11) is 0. The van der Waals surface area contributed by atoms with Gasteiger partial charge in [-0.1, -0.05) is 25.1 Å². The second-order valence-corrected chi connectivity index (χ2v) is 5.57. The summed E-state index contributed by atoms with van der Waals surface area (Å²) in [4.78, 5) is 15.5. The molecule has 1 aliphatic rings. The first kappa shape index (κ1) is 16.8. The van der Waals surface area contributed by atoms with Crippen LogP contribution >= 0.6 is 0 Å². The molecule has 1 aliphatic heterocycles. The Kier molecular flexibility index (Phi) is 6.68. The van der Waals surface area contributed by atoms with Crippen molar-refractivity contribution >= 4 is 11.7 Å². The van der Waals surface area contributed by atoms with Crippen molar-refractivity contribution in [3.05, 3.63) is 29.8 Å². The van der Waals surface area contributed by atoms with Crippen molar-refractivity contribution in [1.29, 1.82) is 0 Å². The van der Waals surface area contributed by atoms with E-state index in [-0.39, 0.29) is 6.42 Å². The maximum absolute atomic E-state index is 10.9. The number of ether oxygens (including phenoxy) is 1. The minimum atomic E-state index is -0.745. The molecule has 0 atom stereocenters. The van der Waals surface area contributed by atoms with Gasteiger partial charge >= 0.3 is 5.97 Å². The first-order valence-electron chi connectivity index (χ1n) is 8.05. The molecule has 5 nitrogen and oxygen atoms in total. The summed E-state index contributed by atoms with van der Waals surface area (Å²) in [6.07, 6.45) is 1.12. The summed E-state index contributed by atoms with van der Waals surface area (Å²) in [5, 5.41) is 9.00. The predicted octanol–water partition coefficient (Wildman–Crippen LogP) is 1.86. The number of benzene rings is 1. The van der Waals surface area contributed by atoms with Gasteiger partial charge in [0.15, 0.2) is 0 Å². The Morgan fingerprint density at radius 3 is 2.68 bits per heavy atom. The lowest BCUT2D eigenvalue weighted by molar-refractivity contribution is -0.136. The summed E-state index contributed by atoms with van der Waals surface area (Å²) >= 11 is 0. The maximum atomic E-state index is 10.9. The summed E-state index contributed by atoms with van der Waals surface area (Å²) in [6.45, 7) is 7.99. The van der Waals surface area contributed by atoms with Gasteiger partial charge < -0.3 is 14.7 Å². The van der Waals surface area contributed by atoms with Crippen LogP contribution in [0.1, 0.15) is 18.9 Å². The highest BCUT2D eigenvalue weighted by Crippen LogP contribution is 2.21. The quantitative estimate of drug-likeness (QED) is 0.794. The standard InChI is InChI=1S/C17H26N2O3/c1-2-15-5-3-4-6-16(15)19(8-7-17(20)21)10-9-18-11-13-22-14-12-18/h3-6H,2,7-14H2,1H3,(H,20,21). The molecule has 0 amide bonds. The molecule has 1 heterocycles. The molecule has 5 heteroatoms. The van der Waals surface area contributed by atoms with E-state index in [1.165, 1.54) is 11.3 Å². The Labute approximate surface area is 132 Å². The molecule has 22 heavy (non-hydrogen) atoms. The van der Waals surface area contributed by atoms with E-state index in [1.54, 1.807) is 0 Å². The zero-order valence-corrected chi connectivity index (χ0v) is 13.3. The molecule has 0 saturated carbocycles. The van der Waals surface area contributed by atoms with Gasteiger partial charge in [-0.3, -0.25) is 9.69 Å². The fourth-order valence-electron chi connectivity index (χ4n) is 2.79. The number of carboxylic acid groups (broad SMARTS) is 1. The van der Waals surface area contributed by atoms with Crippen LogP contribution in [0.2, 0.25) is 0 Å². The molecule has 1 aromatic rings. The highest BCUT2D eigenvalue weighted by molar-refractivity contribution is 5.68. The Balaban J connectivity index is 2.02. The molecular weight excluding hydrogens is 280 g/mol. The molecular formula is C17H26N2O3. The van der Waals surface area contributed by atoms with Crippen LogP contribution in [0, 0.1) is 0 Å². The van der Waals surface area contributed by atoms with Crippen molar-refractivity contribution in [3.8, 4) is 0 Å². The van der Waals surface area contributed by atoms with Gasteiger partial charge in [-0.2, -0.15) is 0 Å². The molecule has 1 fully saturated rings. The van der Waals surface area contributed by atoms with E-state index in [0.29, 0.717) is 6.54 Å². The van der Waals surface area contributed by atoms with Crippen LogP contribution in [-0.4, -0.2) is 61.9 Å². The lowest BCUT2D eigenvalue weighted by Gasteiger charge is -2.32. The number of rotatable bonds is 8. The number of aliphatic carboxylic acids is 1. The van der Waals surface area contributed by atoms with Gasteiger partial charge in [0, 0.05) is 38.4 Å². The molecule has 0 aliphatic carbocycles. The van der Waals surface area contributed by atoms with Gasteiger partial charge in [-0.15, -0.1) is 0 Å². The Morgan fingerprint density at radius 1 is 1.27 bits per heavy atom. The largest absolute Gasteiger partial charge is 0.481 e. The van der Waals surface area contributed by atoms with E-state index in [0.717, 1.165) is 45.8 Å². The zero-order chi connectivity index (χ0) is 15.8. The average Bonchev–Trinajstić information content (AvgIpc) is 2.55. The number of carboxylic acids is 1. The molecule has 0 spiro atoms. The van der Waals surface area contributed by atoms with Crippen LogP contribution < -0.4 is 4.90 Å². The third-order valence-electron chi connectivity index (χ3n) is 4.10. The maximum Gasteiger partial charge on any atom is 0.305 e. The molecule has 0 unspecified atom stereocenters. The minimum absolute atomic E-state index is 0.168. The van der Waals surface area contributed by atoms with E-state index in [9.17, 15) is 4.79 Å². The van der Waals surface area contributed by atoms with Gasteiger partial charge in [0.1, 0.15) is 0 Å². The van der Waals surface area contributed by atoms with Crippen molar-refractivity contribution in [2.75, 3.05) is 50.8 Å². The van der Waals surface area contributed by atoms with Gasteiger partial charge in [0.05, 0.1) is 19.6 Å². The van der Waals surface area contributed by atoms with Crippen molar-refractivity contribution in [2.45, 2.75) is 19.8 Å². The fourth-order valence-corrected chi connectivity index (χ4v) is 2.79. The number of para-hydroxylation sites is 1. The van der Waals surface area contributed by atoms with E-state index in [4.69, 9.17) is 9.84 Å². The summed E-state index contributed by atoms with van der Waals surface area (Å²) in [6, 6.07) is 8.29. The topological polar surface area (TPSA) is 53.0 Å². The molecule has 1 aromatic carbocycles.